The average molecular weight is 398 g/mol. The summed E-state index contributed by atoms with van der Waals surface area (Å²) >= 11 is 1.36. The van der Waals surface area contributed by atoms with Gasteiger partial charge in [-0.1, -0.05) is 29.5 Å². The first kappa shape index (κ1) is 20.0. The Balaban J connectivity index is 2.10. The second-order valence-corrected chi connectivity index (χ2v) is 7.17. The van der Waals surface area contributed by atoms with Crippen molar-refractivity contribution in [2.45, 2.75) is 20.4 Å². The molecule has 0 aliphatic rings. The highest BCUT2D eigenvalue weighted by atomic mass is 32.1. The van der Waals surface area contributed by atoms with Gasteiger partial charge in [-0.05, 0) is 43.7 Å². The van der Waals surface area contributed by atoms with Crippen molar-refractivity contribution < 1.29 is 19.1 Å². The SMILES string of the molecule is CCOC(=O)c1ccc2c(c1)sc(=NC(=O)c1ccccc1C)n2CCOC. The van der Waals surface area contributed by atoms with Gasteiger partial charge in [0.1, 0.15) is 0 Å². The highest BCUT2D eigenvalue weighted by molar-refractivity contribution is 7.16. The molecule has 0 fully saturated rings. The Bertz CT molecular complexity index is 1080. The summed E-state index contributed by atoms with van der Waals surface area (Å²) in [5, 5.41) is 0. The van der Waals surface area contributed by atoms with Crippen LogP contribution >= 0.6 is 11.3 Å². The van der Waals surface area contributed by atoms with Crippen molar-refractivity contribution in [1.29, 1.82) is 0 Å². The van der Waals surface area contributed by atoms with Crippen LogP contribution in [0.15, 0.2) is 47.5 Å². The van der Waals surface area contributed by atoms with E-state index in [1.165, 1.54) is 11.3 Å². The van der Waals surface area contributed by atoms with Crippen molar-refractivity contribution in [2.75, 3.05) is 20.3 Å². The van der Waals surface area contributed by atoms with Crippen LogP contribution in [0.1, 0.15) is 33.2 Å². The van der Waals surface area contributed by atoms with Crippen LogP contribution in [0.25, 0.3) is 10.2 Å². The van der Waals surface area contributed by atoms with E-state index in [1.807, 2.05) is 35.8 Å². The molecule has 0 atom stereocenters. The lowest BCUT2D eigenvalue weighted by atomic mass is 10.1. The number of aromatic nitrogens is 1. The Morgan fingerprint density at radius 3 is 2.68 bits per heavy atom. The molecule has 0 saturated carbocycles. The van der Waals surface area contributed by atoms with E-state index in [0.717, 1.165) is 15.8 Å². The lowest BCUT2D eigenvalue weighted by Gasteiger charge is -2.05. The molecule has 2 aromatic carbocycles. The number of fused-ring (bicyclic) bond motifs is 1. The molecule has 0 bridgehead atoms. The first-order valence-corrected chi connectivity index (χ1v) is 9.81. The summed E-state index contributed by atoms with van der Waals surface area (Å²) in [5.74, 6) is -0.655. The number of methoxy groups -OCH3 is 1. The van der Waals surface area contributed by atoms with Crippen molar-refractivity contribution in [3.05, 3.63) is 64.0 Å². The largest absolute Gasteiger partial charge is 0.462 e. The molecule has 0 unspecified atom stereocenters. The molecule has 28 heavy (non-hydrogen) atoms. The van der Waals surface area contributed by atoms with Crippen LogP contribution in [-0.2, 0) is 16.0 Å². The van der Waals surface area contributed by atoms with Crippen LogP contribution in [-0.4, -0.2) is 36.8 Å². The summed E-state index contributed by atoms with van der Waals surface area (Å²) < 4.78 is 13.1. The summed E-state index contributed by atoms with van der Waals surface area (Å²) in [7, 11) is 1.63. The molecule has 0 radical (unpaired) electrons. The summed E-state index contributed by atoms with van der Waals surface area (Å²) in [5.41, 5.74) is 2.83. The number of carbonyl (C=O) groups is 2. The Morgan fingerprint density at radius 2 is 1.96 bits per heavy atom. The van der Waals surface area contributed by atoms with E-state index >= 15 is 0 Å². The summed E-state index contributed by atoms with van der Waals surface area (Å²) in [4.78, 5) is 29.7. The maximum Gasteiger partial charge on any atom is 0.338 e. The number of hydrogen-bond donors (Lipinski definition) is 0. The topological polar surface area (TPSA) is 69.9 Å². The summed E-state index contributed by atoms with van der Waals surface area (Å²) in [6, 6.07) is 12.7. The first-order valence-electron chi connectivity index (χ1n) is 8.99. The van der Waals surface area contributed by atoms with Crippen LogP contribution in [0.4, 0.5) is 0 Å². The predicted octanol–water partition coefficient (Wildman–Crippen LogP) is 3.58. The van der Waals surface area contributed by atoms with E-state index in [2.05, 4.69) is 4.99 Å². The fourth-order valence-corrected chi connectivity index (χ4v) is 3.95. The Hall–Kier alpha value is -2.77. The molecule has 146 valence electrons. The van der Waals surface area contributed by atoms with E-state index in [9.17, 15) is 9.59 Å². The summed E-state index contributed by atoms with van der Waals surface area (Å²) in [6.07, 6.45) is 0. The quantitative estimate of drug-likeness (QED) is 0.595. The minimum Gasteiger partial charge on any atom is -0.462 e. The number of rotatable bonds is 6. The molecule has 0 aliphatic carbocycles. The molecule has 3 aromatic rings. The predicted molar refractivity (Wildman–Crippen MR) is 109 cm³/mol. The molecule has 1 heterocycles. The molecule has 0 saturated heterocycles. The Morgan fingerprint density at radius 1 is 1.18 bits per heavy atom. The second kappa shape index (κ2) is 8.95. The number of ether oxygens (including phenoxy) is 2. The maximum absolute atomic E-state index is 12.7. The molecule has 6 nitrogen and oxygen atoms in total. The van der Waals surface area contributed by atoms with E-state index < -0.39 is 0 Å². The van der Waals surface area contributed by atoms with Crippen LogP contribution in [0.5, 0.6) is 0 Å². The van der Waals surface area contributed by atoms with Gasteiger partial charge in [-0.3, -0.25) is 4.79 Å². The Labute approximate surface area is 167 Å². The van der Waals surface area contributed by atoms with E-state index in [0.29, 0.717) is 35.7 Å². The lowest BCUT2D eigenvalue weighted by Crippen LogP contribution is -2.19. The standard InChI is InChI=1S/C21H22N2O4S/c1-4-27-20(25)15-9-10-17-18(13-15)28-21(23(17)11-12-26-3)22-19(24)16-8-6-5-7-14(16)2/h5-10,13H,4,11-12H2,1-3H3. The molecule has 1 aromatic heterocycles. The molecular formula is C21H22N2O4S. The van der Waals surface area contributed by atoms with E-state index in [-0.39, 0.29) is 11.9 Å². The highest BCUT2D eigenvalue weighted by Gasteiger charge is 2.13. The molecule has 1 amide bonds. The normalized spacial score (nSPS) is 11.8. The van der Waals surface area contributed by atoms with Crippen LogP contribution < -0.4 is 4.80 Å². The van der Waals surface area contributed by atoms with E-state index in [1.54, 1.807) is 32.2 Å². The average Bonchev–Trinajstić information content (AvgIpc) is 3.02. The maximum atomic E-state index is 12.7. The van der Waals surface area contributed by atoms with Gasteiger partial charge in [0.2, 0.25) is 0 Å². The first-order chi connectivity index (χ1) is 13.5. The molecule has 0 aliphatic heterocycles. The van der Waals surface area contributed by atoms with Crippen molar-refractivity contribution in [3.8, 4) is 0 Å². The Kier molecular flexibility index (Phi) is 6.38. The van der Waals surface area contributed by atoms with Gasteiger partial charge < -0.3 is 14.0 Å². The van der Waals surface area contributed by atoms with E-state index in [4.69, 9.17) is 9.47 Å². The third-order valence-electron chi connectivity index (χ3n) is 4.29. The zero-order chi connectivity index (χ0) is 20.1. The number of hydrogen-bond acceptors (Lipinski definition) is 5. The summed E-state index contributed by atoms with van der Waals surface area (Å²) in [6.45, 7) is 5.01. The third-order valence-corrected chi connectivity index (χ3v) is 5.33. The molecule has 0 N–H and O–H groups in total. The number of carbonyl (C=O) groups excluding carboxylic acids is 2. The molecular weight excluding hydrogens is 376 g/mol. The molecule has 0 spiro atoms. The number of nitrogens with zero attached hydrogens (tertiary/aromatic N) is 2. The highest BCUT2D eigenvalue weighted by Crippen LogP contribution is 2.20. The minimum atomic E-state index is -0.365. The number of thiazole rings is 1. The molecule has 3 rings (SSSR count). The van der Waals surface area contributed by atoms with Crippen LogP contribution in [0, 0.1) is 6.92 Å². The second-order valence-electron chi connectivity index (χ2n) is 6.16. The smallest absolute Gasteiger partial charge is 0.338 e. The monoisotopic (exact) mass is 398 g/mol. The fourth-order valence-electron chi connectivity index (χ4n) is 2.86. The van der Waals surface area contributed by atoms with Crippen molar-refractivity contribution in [1.82, 2.24) is 4.57 Å². The van der Waals surface area contributed by atoms with Crippen molar-refractivity contribution >= 4 is 33.4 Å². The number of aryl methyl sites for hydroxylation is 1. The number of esters is 1. The van der Waals surface area contributed by atoms with Crippen molar-refractivity contribution in [2.24, 2.45) is 4.99 Å². The van der Waals surface area contributed by atoms with Gasteiger partial charge in [0.15, 0.2) is 4.80 Å². The lowest BCUT2D eigenvalue weighted by molar-refractivity contribution is 0.0526. The zero-order valence-electron chi connectivity index (χ0n) is 16.1. The van der Waals surface area contributed by atoms with Gasteiger partial charge in [0.05, 0.1) is 29.0 Å². The fraction of sp³-hybridized carbons (Fsp3) is 0.286. The van der Waals surface area contributed by atoms with Gasteiger partial charge in [-0.25, -0.2) is 4.79 Å². The van der Waals surface area contributed by atoms with Gasteiger partial charge >= 0.3 is 5.97 Å². The van der Waals surface area contributed by atoms with Crippen LogP contribution in [0.3, 0.4) is 0 Å². The van der Waals surface area contributed by atoms with Gasteiger partial charge in [0.25, 0.3) is 5.91 Å². The number of benzene rings is 2. The van der Waals surface area contributed by atoms with Crippen LogP contribution in [0.2, 0.25) is 0 Å². The van der Waals surface area contributed by atoms with Gasteiger partial charge in [-0.15, -0.1) is 0 Å². The van der Waals surface area contributed by atoms with Gasteiger partial charge in [0, 0.05) is 19.2 Å². The van der Waals surface area contributed by atoms with Crippen molar-refractivity contribution in [3.63, 3.8) is 0 Å². The van der Waals surface area contributed by atoms with Gasteiger partial charge in [-0.2, -0.15) is 4.99 Å². The minimum absolute atomic E-state index is 0.290. The third kappa shape index (κ3) is 4.21. The molecule has 7 heteroatoms. The number of amides is 1. The zero-order valence-corrected chi connectivity index (χ0v) is 16.9.